The van der Waals surface area contributed by atoms with Gasteiger partial charge in [-0.15, -0.1) is 0 Å². The number of carbonyl (C=O) groups excluding carboxylic acids is 1. The van der Waals surface area contributed by atoms with Crippen LogP contribution in [-0.4, -0.2) is 82.7 Å². The molecule has 1 saturated carbocycles. The van der Waals surface area contributed by atoms with Crippen LogP contribution in [0.15, 0.2) is 48.8 Å². The second-order valence-corrected chi connectivity index (χ2v) is 14.0. The Balaban J connectivity index is 1.19. The monoisotopic (exact) mass is 669 g/mol. The number of fused-ring (bicyclic) bond motifs is 3. The van der Waals surface area contributed by atoms with Crippen LogP contribution >= 0.6 is 0 Å². The lowest BCUT2D eigenvalue weighted by molar-refractivity contribution is 0.0218. The summed E-state index contributed by atoms with van der Waals surface area (Å²) >= 11 is 0. The minimum absolute atomic E-state index is 0.166. The first kappa shape index (κ1) is 33.2. The zero-order valence-corrected chi connectivity index (χ0v) is 28.8. The number of H-pyrrole nitrogens is 2. The van der Waals surface area contributed by atoms with Gasteiger partial charge in [0.25, 0.3) is 0 Å². The number of carbonyl (C=O) groups is 1. The molecular weight excluding hydrogens is 622 g/mol. The third-order valence-electron chi connectivity index (χ3n) is 9.35. The van der Waals surface area contributed by atoms with E-state index in [1.54, 1.807) is 4.90 Å². The summed E-state index contributed by atoms with van der Waals surface area (Å²) in [6.07, 6.45) is 10.1. The first-order valence-corrected chi connectivity index (χ1v) is 17.6. The van der Waals surface area contributed by atoms with Gasteiger partial charge in [0, 0.05) is 34.7 Å². The predicted octanol–water partition coefficient (Wildman–Crippen LogP) is 7.67. The van der Waals surface area contributed by atoms with Gasteiger partial charge in [0.15, 0.2) is 0 Å². The first-order chi connectivity index (χ1) is 23.8. The molecule has 1 unspecified atom stereocenters. The zero-order valence-electron chi connectivity index (χ0n) is 28.8. The van der Waals surface area contributed by atoms with E-state index in [0.717, 1.165) is 63.9 Å². The lowest BCUT2D eigenvalue weighted by Gasteiger charge is -2.27. The maximum absolute atomic E-state index is 13.0. The van der Waals surface area contributed by atoms with E-state index in [1.165, 1.54) is 25.7 Å². The number of nitrogens with zero attached hydrogens (tertiary/aromatic N) is 3. The minimum Gasteiger partial charge on any atom is -0.491 e. The van der Waals surface area contributed by atoms with Crippen molar-refractivity contribution >= 4 is 6.09 Å². The Labute approximate surface area is 287 Å². The molecule has 1 aliphatic carbocycles. The zero-order chi connectivity index (χ0) is 33.8. The van der Waals surface area contributed by atoms with Crippen LogP contribution < -0.4 is 9.47 Å². The predicted molar refractivity (Wildman–Crippen MR) is 186 cm³/mol. The lowest BCUT2D eigenvalue weighted by Crippen LogP contribution is -2.36. The molecule has 1 saturated heterocycles. The van der Waals surface area contributed by atoms with Crippen molar-refractivity contribution in [2.24, 2.45) is 0 Å². The van der Waals surface area contributed by atoms with Crippen molar-refractivity contribution in [3.05, 3.63) is 60.4 Å². The van der Waals surface area contributed by atoms with Crippen molar-refractivity contribution in [2.45, 2.75) is 76.9 Å². The Hall–Kier alpha value is -4.35. The molecule has 2 aromatic carbocycles. The van der Waals surface area contributed by atoms with E-state index < -0.39 is 5.60 Å². The third kappa shape index (κ3) is 7.78. The van der Waals surface area contributed by atoms with Crippen LogP contribution in [0.4, 0.5) is 4.79 Å². The summed E-state index contributed by atoms with van der Waals surface area (Å²) in [5.41, 5.74) is 5.03. The highest BCUT2D eigenvalue weighted by Gasteiger charge is 2.35. The Morgan fingerprint density at radius 3 is 1.90 bits per heavy atom. The standard InChI is InChI=1S/C38H47N5O6/c1-38(2,3)49-37(44)43-14-6-9-32(43)36-40-24-31(42-36)27-11-13-29-28-12-10-26(30-23-39-35(41-30)25-7-4-5-8-25)21-33(28)47-19-17-45-15-16-46-18-20-48-34(29)22-27/h10-13,21-25,32H,4-9,14-20H2,1-3H3,(H,39,41)(H,40,42). The van der Waals surface area contributed by atoms with Gasteiger partial charge in [0.2, 0.25) is 0 Å². The fourth-order valence-corrected chi connectivity index (χ4v) is 6.94. The van der Waals surface area contributed by atoms with E-state index >= 15 is 0 Å². The molecule has 260 valence electrons. The number of hydrogen-bond donors (Lipinski definition) is 2. The number of aromatic nitrogens is 4. The van der Waals surface area contributed by atoms with Gasteiger partial charge in [0.1, 0.15) is 42.0 Å². The van der Waals surface area contributed by atoms with Crippen LogP contribution in [0.5, 0.6) is 11.5 Å². The van der Waals surface area contributed by atoms with Gasteiger partial charge < -0.3 is 33.7 Å². The Kier molecular flexibility index (Phi) is 9.91. The maximum Gasteiger partial charge on any atom is 0.410 e. The fraction of sp³-hybridized carbons (Fsp3) is 0.500. The van der Waals surface area contributed by atoms with E-state index in [9.17, 15) is 4.79 Å². The average Bonchev–Trinajstić information content (AvgIpc) is 3.91. The molecule has 2 aromatic heterocycles. The van der Waals surface area contributed by atoms with Crippen LogP contribution in [0.3, 0.4) is 0 Å². The van der Waals surface area contributed by atoms with Crippen LogP contribution in [0.2, 0.25) is 0 Å². The molecule has 3 aliphatic rings. The molecule has 0 spiro atoms. The molecule has 2 N–H and O–H groups in total. The van der Waals surface area contributed by atoms with E-state index in [2.05, 4.69) is 40.3 Å². The van der Waals surface area contributed by atoms with Gasteiger partial charge in [-0.2, -0.15) is 0 Å². The molecule has 1 atom stereocenters. The molecule has 2 aliphatic heterocycles. The van der Waals surface area contributed by atoms with Crippen molar-refractivity contribution in [1.29, 1.82) is 0 Å². The lowest BCUT2D eigenvalue weighted by atomic mass is 9.98. The Morgan fingerprint density at radius 1 is 0.755 bits per heavy atom. The Morgan fingerprint density at radius 2 is 1.31 bits per heavy atom. The van der Waals surface area contributed by atoms with Gasteiger partial charge in [-0.25, -0.2) is 14.8 Å². The van der Waals surface area contributed by atoms with Crippen molar-refractivity contribution < 1.29 is 28.5 Å². The number of aromatic amines is 2. The normalized spacial score (nSPS) is 19.4. The van der Waals surface area contributed by atoms with Gasteiger partial charge in [0.05, 0.1) is 56.3 Å². The summed E-state index contributed by atoms with van der Waals surface area (Å²) in [5.74, 6) is 3.79. The molecule has 49 heavy (non-hydrogen) atoms. The Bertz CT molecular complexity index is 1740. The van der Waals surface area contributed by atoms with Gasteiger partial charge in [-0.1, -0.05) is 25.0 Å². The number of nitrogens with one attached hydrogen (secondary N) is 2. The summed E-state index contributed by atoms with van der Waals surface area (Å²) in [7, 11) is 0. The van der Waals surface area contributed by atoms with E-state index in [-0.39, 0.29) is 12.1 Å². The van der Waals surface area contributed by atoms with E-state index in [4.69, 9.17) is 33.7 Å². The largest absolute Gasteiger partial charge is 0.491 e. The smallest absolute Gasteiger partial charge is 0.410 e. The molecule has 1 amide bonds. The average molecular weight is 670 g/mol. The second kappa shape index (κ2) is 14.6. The van der Waals surface area contributed by atoms with Crippen molar-refractivity contribution in [2.75, 3.05) is 46.2 Å². The number of benzene rings is 2. The molecule has 0 bridgehead atoms. The SMILES string of the molecule is CC(C)(C)OC(=O)N1CCCC1c1ncc(-c2ccc3c(c2)OCCOCCOCCOc2cc(-c4cnc(C5CCCC5)[nH]4)ccc2-3)[nH]1. The highest BCUT2D eigenvalue weighted by molar-refractivity contribution is 5.81. The summed E-state index contributed by atoms with van der Waals surface area (Å²) in [4.78, 5) is 31.2. The van der Waals surface area contributed by atoms with Crippen LogP contribution in [0.1, 0.15) is 82.9 Å². The highest BCUT2D eigenvalue weighted by atomic mass is 16.6. The van der Waals surface area contributed by atoms with Crippen molar-refractivity contribution in [3.63, 3.8) is 0 Å². The van der Waals surface area contributed by atoms with Crippen molar-refractivity contribution in [1.82, 2.24) is 24.8 Å². The highest BCUT2D eigenvalue weighted by Crippen LogP contribution is 2.42. The number of imidazole rings is 2. The van der Waals surface area contributed by atoms with Crippen molar-refractivity contribution in [3.8, 4) is 45.1 Å². The summed E-state index contributed by atoms with van der Waals surface area (Å²) < 4.78 is 29.9. The molecule has 2 fully saturated rings. The number of amides is 1. The van der Waals surface area contributed by atoms with E-state index in [0.29, 0.717) is 57.9 Å². The molecule has 11 heteroatoms. The second-order valence-electron chi connectivity index (χ2n) is 14.0. The number of rotatable bonds is 4. The number of hydrogen-bond acceptors (Lipinski definition) is 8. The molecule has 4 aromatic rings. The third-order valence-corrected chi connectivity index (χ3v) is 9.35. The molecular formula is C38H47N5O6. The maximum atomic E-state index is 13.0. The summed E-state index contributed by atoms with van der Waals surface area (Å²) in [6.45, 7) is 8.95. The molecule has 4 heterocycles. The number of likely N-dealkylation sites (tertiary alicyclic amines) is 1. The van der Waals surface area contributed by atoms with Crippen LogP contribution in [-0.2, 0) is 14.2 Å². The number of ether oxygens (including phenoxy) is 5. The first-order valence-electron chi connectivity index (χ1n) is 17.6. The topological polar surface area (TPSA) is 124 Å². The van der Waals surface area contributed by atoms with Gasteiger partial charge in [-0.05, 0) is 70.7 Å². The van der Waals surface area contributed by atoms with Gasteiger partial charge >= 0.3 is 6.09 Å². The van der Waals surface area contributed by atoms with Crippen LogP contribution in [0.25, 0.3) is 33.6 Å². The fourth-order valence-electron chi connectivity index (χ4n) is 6.94. The van der Waals surface area contributed by atoms with Gasteiger partial charge in [-0.3, -0.25) is 4.90 Å². The molecule has 7 rings (SSSR count). The summed E-state index contributed by atoms with van der Waals surface area (Å²) in [6, 6.07) is 12.3. The van der Waals surface area contributed by atoms with E-state index in [1.807, 2.05) is 39.2 Å². The minimum atomic E-state index is -0.560. The van der Waals surface area contributed by atoms with Crippen LogP contribution in [0, 0.1) is 0 Å². The quantitative estimate of drug-likeness (QED) is 0.227. The summed E-state index contributed by atoms with van der Waals surface area (Å²) in [5, 5.41) is 0. The molecule has 11 nitrogen and oxygen atoms in total. The molecule has 0 radical (unpaired) electrons.